The molecule has 2 heterocycles. The maximum atomic E-state index is 12.9. The van der Waals surface area contributed by atoms with E-state index in [0.717, 1.165) is 38.5 Å². The van der Waals surface area contributed by atoms with E-state index in [9.17, 15) is 13.2 Å². The predicted molar refractivity (Wildman–Crippen MR) is 79.9 cm³/mol. The zero-order chi connectivity index (χ0) is 15.5. The molecule has 0 radical (unpaired) electrons. The van der Waals surface area contributed by atoms with Crippen molar-refractivity contribution in [3.63, 3.8) is 0 Å². The smallest absolute Gasteiger partial charge is 0.307 e. The Morgan fingerprint density at radius 3 is 2.33 bits per heavy atom. The number of hydrogen-bond donors (Lipinski definition) is 0. The molecule has 2 rings (SSSR count). The third kappa shape index (κ3) is 3.76. The van der Waals surface area contributed by atoms with Crippen LogP contribution in [0.25, 0.3) is 0 Å². The Morgan fingerprint density at radius 1 is 1.10 bits per heavy atom. The number of methoxy groups -OCH3 is 1. The lowest BCUT2D eigenvalue weighted by Crippen LogP contribution is -2.54. The van der Waals surface area contributed by atoms with Crippen molar-refractivity contribution in [3.05, 3.63) is 0 Å². The second-order valence-electron chi connectivity index (χ2n) is 6.00. The molecule has 2 unspecified atom stereocenters. The van der Waals surface area contributed by atoms with Gasteiger partial charge in [-0.25, -0.2) is 0 Å². The monoisotopic (exact) mass is 318 g/mol. The second kappa shape index (κ2) is 7.07. The van der Waals surface area contributed by atoms with Gasteiger partial charge in [-0.3, -0.25) is 4.79 Å². The Hall–Kier alpha value is -0.660. The molecular weight excluding hydrogens is 292 g/mol. The zero-order valence-electron chi connectivity index (χ0n) is 13.0. The molecule has 0 spiro atoms. The van der Waals surface area contributed by atoms with Crippen LogP contribution in [0.2, 0.25) is 0 Å². The van der Waals surface area contributed by atoms with E-state index in [1.165, 1.54) is 11.4 Å². The fraction of sp³-hybridized carbons (Fsp3) is 0.929. The molecule has 0 aromatic carbocycles. The topological polar surface area (TPSA) is 66.9 Å². The molecule has 2 atom stereocenters. The van der Waals surface area contributed by atoms with Gasteiger partial charge in [-0.05, 0) is 32.6 Å². The molecule has 6 nitrogen and oxygen atoms in total. The number of carbonyl (C=O) groups excluding carboxylic acids is 1. The van der Waals surface area contributed by atoms with Crippen molar-refractivity contribution in [3.8, 4) is 0 Å². The summed E-state index contributed by atoms with van der Waals surface area (Å²) in [4.78, 5) is 11.5. The number of esters is 1. The van der Waals surface area contributed by atoms with E-state index < -0.39 is 10.2 Å². The maximum Gasteiger partial charge on any atom is 0.307 e. The highest BCUT2D eigenvalue weighted by atomic mass is 32.2. The van der Waals surface area contributed by atoms with Crippen molar-refractivity contribution in [2.24, 2.45) is 0 Å². The first-order chi connectivity index (χ1) is 9.96. The highest BCUT2D eigenvalue weighted by Gasteiger charge is 2.39. The van der Waals surface area contributed by atoms with Gasteiger partial charge in [-0.15, -0.1) is 0 Å². The van der Waals surface area contributed by atoms with Crippen LogP contribution < -0.4 is 0 Å². The minimum Gasteiger partial charge on any atom is -0.469 e. The summed E-state index contributed by atoms with van der Waals surface area (Å²) in [6.45, 7) is 3.06. The fourth-order valence-electron chi connectivity index (χ4n) is 3.31. The van der Waals surface area contributed by atoms with Gasteiger partial charge in [0.25, 0.3) is 10.2 Å². The second-order valence-corrected chi connectivity index (χ2v) is 7.84. The summed E-state index contributed by atoms with van der Waals surface area (Å²) in [5.41, 5.74) is 0. The molecule has 7 heteroatoms. The zero-order valence-corrected chi connectivity index (χ0v) is 13.8. The van der Waals surface area contributed by atoms with E-state index in [1.807, 2.05) is 6.92 Å². The molecule has 0 aromatic rings. The Morgan fingerprint density at radius 2 is 1.71 bits per heavy atom. The lowest BCUT2D eigenvalue weighted by atomic mass is 10.0. The lowest BCUT2D eigenvalue weighted by molar-refractivity contribution is -0.141. The Balaban J connectivity index is 2.16. The normalized spacial score (nSPS) is 29.2. The van der Waals surface area contributed by atoms with Crippen molar-refractivity contribution in [2.75, 3.05) is 20.2 Å². The minimum atomic E-state index is -3.48. The number of carbonyl (C=O) groups is 1. The summed E-state index contributed by atoms with van der Waals surface area (Å²) in [6, 6.07) is -0.213. The van der Waals surface area contributed by atoms with Crippen molar-refractivity contribution < 1.29 is 17.9 Å². The van der Waals surface area contributed by atoms with Gasteiger partial charge in [0.05, 0.1) is 13.5 Å². The van der Waals surface area contributed by atoms with E-state index >= 15 is 0 Å². The largest absolute Gasteiger partial charge is 0.469 e. The molecule has 2 fully saturated rings. The number of nitrogens with zero attached hydrogens (tertiary/aromatic N) is 2. The molecule has 122 valence electrons. The minimum absolute atomic E-state index is 0.0458. The van der Waals surface area contributed by atoms with Gasteiger partial charge >= 0.3 is 5.97 Å². The average molecular weight is 318 g/mol. The van der Waals surface area contributed by atoms with Crippen LogP contribution in [0.1, 0.15) is 51.9 Å². The van der Waals surface area contributed by atoms with Crippen LogP contribution in [0.5, 0.6) is 0 Å². The van der Waals surface area contributed by atoms with Gasteiger partial charge < -0.3 is 4.74 Å². The number of rotatable bonds is 4. The summed E-state index contributed by atoms with van der Waals surface area (Å²) in [5.74, 6) is -0.339. The SMILES string of the molecule is COC(=O)CC1CCCCN1S(=O)(=O)N1CCCCC1C. The summed E-state index contributed by atoms with van der Waals surface area (Å²) in [5, 5.41) is 0. The highest BCUT2D eigenvalue weighted by Crippen LogP contribution is 2.28. The average Bonchev–Trinajstić information content (AvgIpc) is 2.47. The molecule has 21 heavy (non-hydrogen) atoms. The molecule has 2 saturated heterocycles. The highest BCUT2D eigenvalue weighted by molar-refractivity contribution is 7.86. The van der Waals surface area contributed by atoms with Crippen LogP contribution in [-0.2, 0) is 19.7 Å². The number of hydrogen-bond acceptors (Lipinski definition) is 4. The van der Waals surface area contributed by atoms with E-state index in [1.54, 1.807) is 4.31 Å². The van der Waals surface area contributed by atoms with Crippen LogP contribution in [0.15, 0.2) is 0 Å². The molecular formula is C14H26N2O4S. The van der Waals surface area contributed by atoms with Crippen LogP contribution in [-0.4, -0.2) is 55.3 Å². The molecule has 0 N–H and O–H groups in total. The van der Waals surface area contributed by atoms with Crippen LogP contribution in [0, 0.1) is 0 Å². The van der Waals surface area contributed by atoms with Crippen LogP contribution in [0.3, 0.4) is 0 Å². The lowest BCUT2D eigenvalue weighted by Gasteiger charge is -2.41. The van der Waals surface area contributed by atoms with Crippen LogP contribution in [0.4, 0.5) is 0 Å². The van der Waals surface area contributed by atoms with E-state index in [4.69, 9.17) is 4.74 Å². The first-order valence-corrected chi connectivity index (χ1v) is 9.22. The Bertz CT molecular complexity index is 466. The summed E-state index contributed by atoms with van der Waals surface area (Å²) in [7, 11) is -2.13. The standard InChI is InChI=1S/C14H26N2O4S/c1-12-7-3-5-9-15(12)21(18,19)16-10-6-4-8-13(16)11-14(17)20-2/h12-13H,3-11H2,1-2H3. The first kappa shape index (κ1) is 16.7. The molecule has 0 saturated carbocycles. The van der Waals surface area contributed by atoms with Crippen molar-refractivity contribution in [1.82, 2.24) is 8.61 Å². The predicted octanol–water partition coefficient (Wildman–Crippen LogP) is 1.52. The van der Waals surface area contributed by atoms with Gasteiger partial charge in [-0.1, -0.05) is 12.8 Å². The van der Waals surface area contributed by atoms with Crippen molar-refractivity contribution in [2.45, 2.75) is 64.0 Å². The summed E-state index contributed by atoms with van der Waals surface area (Å²) >= 11 is 0. The summed E-state index contributed by atoms with van der Waals surface area (Å²) in [6.07, 6.45) is 5.61. The molecule has 0 aromatic heterocycles. The van der Waals surface area contributed by atoms with E-state index in [-0.39, 0.29) is 24.5 Å². The quantitative estimate of drug-likeness (QED) is 0.737. The van der Waals surface area contributed by atoms with Crippen molar-refractivity contribution >= 4 is 16.2 Å². The number of ether oxygens (including phenoxy) is 1. The molecule has 0 amide bonds. The van der Waals surface area contributed by atoms with Gasteiger partial charge in [0.1, 0.15) is 0 Å². The molecule has 0 aliphatic carbocycles. The molecule has 2 aliphatic rings. The molecule has 0 bridgehead atoms. The van der Waals surface area contributed by atoms with E-state index in [2.05, 4.69) is 0 Å². The summed E-state index contributed by atoms with van der Waals surface area (Å²) < 4.78 is 33.7. The van der Waals surface area contributed by atoms with Crippen molar-refractivity contribution in [1.29, 1.82) is 0 Å². The Labute approximate surface area is 127 Å². The van der Waals surface area contributed by atoms with Gasteiger partial charge in [0.15, 0.2) is 0 Å². The third-order valence-corrected chi connectivity index (χ3v) is 6.75. The Kier molecular flexibility index (Phi) is 5.62. The van der Waals surface area contributed by atoms with Gasteiger partial charge in [0, 0.05) is 25.2 Å². The fourth-order valence-corrected chi connectivity index (χ4v) is 5.41. The first-order valence-electron chi connectivity index (χ1n) is 7.82. The maximum absolute atomic E-state index is 12.9. The number of piperidine rings is 2. The van der Waals surface area contributed by atoms with E-state index in [0.29, 0.717) is 13.1 Å². The van der Waals surface area contributed by atoms with Gasteiger partial charge in [-0.2, -0.15) is 17.0 Å². The van der Waals surface area contributed by atoms with Crippen LogP contribution >= 0.6 is 0 Å². The third-order valence-electron chi connectivity index (χ3n) is 4.54. The van der Waals surface area contributed by atoms with Gasteiger partial charge in [0.2, 0.25) is 0 Å². The molecule has 2 aliphatic heterocycles.